The number of rotatable bonds is 2. The lowest BCUT2D eigenvalue weighted by atomic mass is 10.2. The highest BCUT2D eigenvalue weighted by Gasteiger charge is 2.11. The number of aromatic hydroxyl groups is 2. The molecule has 2 aromatic carbocycles. The molecule has 5 heteroatoms. The number of fused-ring (bicyclic) bond motifs is 1. The first-order chi connectivity index (χ1) is 9.17. The lowest BCUT2D eigenvalue weighted by Crippen LogP contribution is -1.80. The third-order valence-corrected chi connectivity index (χ3v) is 3.86. The predicted octanol–water partition coefficient (Wildman–Crippen LogP) is 3.38. The Balaban J connectivity index is 2.14. The van der Waals surface area contributed by atoms with Crippen LogP contribution >= 0.6 is 11.3 Å². The zero-order valence-corrected chi connectivity index (χ0v) is 10.9. The lowest BCUT2D eigenvalue weighted by Gasteiger charge is -2.00. The van der Waals surface area contributed by atoms with Crippen LogP contribution in [0.15, 0.2) is 36.4 Å². The smallest absolute Gasteiger partial charge is 0.129 e. The Hall–Kier alpha value is -2.27. The summed E-state index contributed by atoms with van der Waals surface area (Å²) in [6, 6.07) is 10.1. The molecule has 3 aromatic rings. The first-order valence-electron chi connectivity index (χ1n) is 5.64. The highest BCUT2D eigenvalue weighted by Crippen LogP contribution is 2.37. The minimum absolute atomic E-state index is 0.0195. The van der Waals surface area contributed by atoms with Gasteiger partial charge in [0.1, 0.15) is 22.3 Å². The molecule has 0 saturated carbocycles. The first-order valence-corrected chi connectivity index (χ1v) is 6.46. The van der Waals surface area contributed by atoms with Crippen LogP contribution in [0.25, 0.3) is 20.8 Å². The summed E-state index contributed by atoms with van der Waals surface area (Å²) in [5.74, 6) is 0.827. The van der Waals surface area contributed by atoms with Gasteiger partial charge in [0.25, 0.3) is 0 Å². The summed E-state index contributed by atoms with van der Waals surface area (Å²) in [5, 5.41) is 19.9. The average Bonchev–Trinajstić information content (AvgIpc) is 2.80. The van der Waals surface area contributed by atoms with Gasteiger partial charge in [0, 0.05) is 6.07 Å². The summed E-state index contributed by atoms with van der Waals surface area (Å²) in [7, 11) is 1.62. The number of ether oxygens (including phenoxy) is 1. The molecule has 0 aliphatic carbocycles. The van der Waals surface area contributed by atoms with E-state index >= 15 is 0 Å². The van der Waals surface area contributed by atoms with Crippen LogP contribution in [0.1, 0.15) is 0 Å². The molecule has 2 N–H and O–H groups in total. The van der Waals surface area contributed by atoms with Crippen LogP contribution < -0.4 is 4.74 Å². The predicted molar refractivity (Wildman–Crippen MR) is 74.9 cm³/mol. The van der Waals surface area contributed by atoms with Crippen LogP contribution in [-0.4, -0.2) is 22.3 Å². The Labute approximate surface area is 113 Å². The Kier molecular flexibility index (Phi) is 2.76. The summed E-state index contributed by atoms with van der Waals surface area (Å²) in [5.41, 5.74) is 1.46. The highest BCUT2D eigenvalue weighted by atomic mass is 32.1. The van der Waals surface area contributed by atoms with E-state index in [9.17, 15) is 10.2 Å². The van der Waals surface area contributed by atoms with Gasteiger partial charge >= 0.3 is 0 Å². The Bertz CT molecular complexity index is 752. The quantitative estimate of drug-likeness (QED) is 0.751. The van der Waals surface area contributed by atoms with E-state index in [2.05, 4.69) is 4.98 Å². The van der Waals surface area contributed by atoms with Crippen molar-refractivity contribution < 1.29 is 14.9 Å². The van der Waals surface area contributed by atoms with Crippen molar-refractivity contribution in [2.24, 2.45) is 0 Å². The molecule has 19 heavy (non-hydrogen) atoms. The van der Waals surface area contributed by atoms with Gasteiger partial charge in [-0.25, -0.2) is 4.98 Å². The SMILES string of the molecule is COc1ccc2nc(-c3ccc(O)cc3O)sc2c1. The number of hydrogen-bond donors (Lipinski definition) is 2. The molecule has 96 valence electrons. The van der Waals surface area contributed by atoms with Gasteiger partial charge in [0.05, 0.1) is 22.9 Å². The second kappa shape index (κ2) is 4.44. The molecule has 0 fully saturated rings. The van der Waals surface area contributed by atoms with Gasteiger partial charge in [-0.15, -0.1) is 11.3 Å². The first kappa shape index (κ1) is 11.8. The Morgan fingerprint density at radius 3 is 2.68 bits per heavy atom. The van der Waals surface area contributed by atoms with Crippen molar-refractivity contribution in [2.75, 3.05) is 7.11 Å². The van der Waals surface area contributed by atoms with Crippen molar-refractivity contribution in [3.63, 3.8) is 0 Å². The molecule has 0 saturated heterocycles. The van der Waals surface area contributed by atoms with Gasteiger partial charge in [0.15, 0.2) is 0 Å². The van der Waals surface area contributed by atoms with Gasteiger partial charge < -0.3 is 14.9 Å². The normalized spacial score (nSPS) is 10.8. The van der Waals surface area contributed by atoms with E-state index < -0.39 is 0 Å². The molecular formula is C14H11NO3S. The summed E-state index contributed by atoms with van der Waals surface area (Å²) >= 11 is 1.47. The molecule has 0 aliphatic heterocycles. The lowest BCUT2D eigenvalue weighted by molar-refractivity contribution is 0.415. The minimum Gasteiger partial charge on any atom is -0.508 e. The maximum absolute atomic E-state index is 9.85. The van der Waals surface area contributed by atoms with Crippen LogP contribution in [0.3, 0.4) is 0 Å². The fourth-order valence-corrected chi connectivity index (χ4v) is 2.88. The molecule has 0 radical (unpaired) electrons. The fourth-order valence-electron chi connectivity index (χ4n) is 1.85. The van der Waals surface area contributed by atoms with Gasteiger partial charge in [-0.2, -0.15) is 0 Å². The largest absolute Gasteiger partial charge is 0.508 e. The average molecular weight is 273 g/mol. The molecule has 3 rings (SSSR count). The summed E-state index contributed by atoms with van der Waals surface area (Å²) in [4.78, 5) is 4.47. The Morgan fingerprint density at radius 1 is 1.11 bits per heavy atom. The van der Waals surface area contributed by atoms with E-state index in [0.717, 1.165) is 16.0 Å². The van der Waals surface area contributed by atoms with E-state index in [0.29, 0.717) is 10.6 Å². The van der Waals surface area contributed by atoms with Crippen molar-refractivity contribution in [3.8, 4) is 27.8 Å². The number of aromatic nitrogens is 1. The molecule has 0 aliphatic rings. The van der Waals surface area contributed by atoms with Gasteiger partial charge in [-0.3, -0.25) is 0 Å². The zero-order chi connectivity index (χ0) is 13.4. The number of phenolic OH excluding ortho intramolecular Hbond substituents is 2. The molecule has 0 atom stereocenters. The second-order valence-corrected chi connectivity index (χ2v) is 5.08. The monoisotopic (exact) mass is 273 g/mol. The van der Waals surface area contributed by atoms with Crippen molar-refractivity contribution in [1.29, 1.82) is 0 Å². The number of hydrogen-bond acceptors (Lipinski definition) is 5. The number of nitrogens with zero attached hydrogens (tertiary/aromatic N) is 1. The number of phenols is 2. The van der Waals surface area contributed by atoms with E-state index in [1.807, 2.05) is 18.2 Å². The van der Waals surface area contributed by atoms with Crippen molar-refractivity contribution in [1.82, 2.24) is 4.98 Å². The summed E-state index contributed by atoms with van der Waals surface area (Å²) in [6.07, 6.45) is 0. The van der Waals surface area contributed by atoms with E-state index in [1.165, 1.54) is 23.5 Å². The number of benzene rings is 2. The van der Waals surface area contributed by atoms with Crippen LogP contribution in [-0.2, 0) is 0 Å². The number of methoxy groups -OCH3 is 1. The molecular weight excluding hydrogens is 262 g/mol. The molecule has 0 amide bonds. The molecule has 1 heterocycles. The highest BCUT2D eigenvalue weighted by molar-refractivity contribution is 7.21. The minimum atomic E-state index is 0.0195. The number of thiazole rings is 1. The maximum Gasteiger partial charge on any atom is 0.129 e. The molecule has 0 unspecified atom stereocenters. The molecule has 0 bridgehead atoms. The van der Waals surface area contributed by atoms with Crippen LogP contribution in [0.2, 0.25) is 0 Å². The van der Waals surface area contributed by atoms with E-state index in [-0.39, 0.29) is 11.5 Å². The van der Waals surface area contributed by atoms with Gasteiger partial charge in [-0.1, -0.05) is 0 Å². The molecule has 1 aromatic heterocycles. The van der Waals surface area contributed by atoms with Crippen molar-refractivity contribution in [3.05, 3.63) is 36.4 Å². The van der Waals surface area contributed by atoms with Crippen molar-refractivity contribution >= 4 is 21.6 Å². The fraction of sp³-hybridized carbons (Fsp3) is 0.0714. The van der Waals surface area contributed by atoms with Crippen molar-refractivity contribution in [2.45, 2.75) is 0 Å². The van der Waals surface area contributed by atoms with Crippen LogP contribution in [0, 0.1) is 0 Å². The maximum atomic E-state index is 9.85. The molecule has 4 nitrogen and oxygen atoms in total. The third kappa shape index (κ3) is 2.08. The zero-order valence-electron chi connectivity index (χ0n) is 10.1. The molecule has 0 spiro atoms. The van der Waals surface area contributed by atoms with E-state index in [4.69, 9.17) is 4.74 Å². The van der Waals surface area contributed by atoms with Crippen LogP contribution in [0.4, 0.5) is 0 Å². The van der Waals surface area contributed by atoms with E-state index in [1.54, 1.807) is 13.2 Å². The summed E-state index contributed by atoms with van der Waals surface area (Å²) in [6.45, 7) is 0. The second-order valence-electron chi connectivity index (χ2n) is 4.05. The Morgan fingerprint density at radius 2 is 1.95 bits per heavy atom. The van der Waals surface area contributed by atoms with Crippen LogP contribution in [0.5, 0.6) is 17.2 Å². The van der Waals surface area contributed by atoms with Gasteiger partial charge in [0.2, 0.25) is 0 Å². The third-order valence-electron chi connectivity index (χ3n) is 2.81. The topological polar surface area (TPSA) is 62.6 Å². The summed E-state index contributed by atoms with van der Waals surface area (Å²) < 4.78 is 6.16. The van der Waals surface area contributed by atoms with Gasteiger partial charge in [-0.05, 0) is 30.3 Å². The standard InChI is InChI=1S/C14H11NO3S/c1-18-9-3-5-11-13(7-9)19-14(15-11)10-4-2-8(16)6-12(10)17/h2-7,16-17H,1H3.